The Morgan fingerprint density at radius 2 is 2.21 bits per heavy atom. The van der Waals surface area contributed by atoms with Crippen LogP contribution in [0.15, 0.2) is 4.52 Å². The molecule has 0 bridgehead atoms. The summed E-state index contributed by atoms with van der Waals surface area (Å²) in [6, 6.07) is 0. The Labute approximate surface area is 113 Å². The average Bonchev–Trinajstić information content (AvgIpc) is 2.81. The molecule has 1 amide bonds. The summed E-state index contributed by atoms with van der Waals surface area (Å²) in [6.07, 6.45) is 0.682. The number of nitrogens with one attached hydrogen (secondary N) is 2. The monoisotopic (exact) mass is 266 g/mol. The highest BCUT2D eigenvalue weighted by molar-refractivity contribution is 5.96. The largest absolute Gasteiger partial charge is 0.360 e. The molecule has 0 radical (unpaired) electrons. The Kier molecular flexibility index (Phi) is 4.93. The molecule has 2 heterocycles. The molecule has 1 aliphatic heterocycles. The standard InChI is InChI=1S/C13H22N4O2/c1-3-11-12(10(2)16-19-11)13(18)15-6-9-17-7-4-14-5-8-17/h14H,3-9H2,1-2H3,(H,15,18). The van der Waals surface area contributed by atoms with E-state index in [1.165, 1.54) is 0 Å². The van der Waals surface area contributed by atoms with Crippen molar-refractivity contribution in [1.82, 2.24) is 20.7 Å². The summed E-state index contributed by atoms with van der Waals surface area (Å²) in [5.41, 5.74) is 1.26. The fraction of sp³-hybridized carbons (Fsp3) is 0.692. The van der Waals surface area contributed by atoms with Gasteiger partial charge in [-0.2, -0.15) is 0 Å². The highest BCUT2D eigenvalue weighted by Crippen LogP contribution is 2.13. The van der Waals surface area contributed by atoms with E-state index in [9.17, 15) is 4.79 Å². The van der Waals surface area contributed by atoms with Crippen molar-refractivity contribution in [2.24, 2.45) is 0 Å². The van der Waals surface area contributed by atoms with E-state index in [0.29, 0.717) is 30.0 Å². The van der Waals surface area contributed by atoms with Crippen LogP contribution < -0.4 is 10.6 Å². The molecular formula is C13H22N4O2. The molecule has 1 aliphatic rings. The summed E-state index contributed by atoms with van der Waals surface area (Å²) in [6.45, 7) is 9.44. The minimum atomic E-state index is -0.0780. The van der Waals surface area contributed by atoms with Crippen molar-refractivity contribution in [2.75, 3.05) is 39.3 Å². The minimum Gasteiger partial charge on any atom is -0.360 e. The van der Waals surface area contributed by atoms with Crippen molar-refractivity contribution in [1.29, 1.82) is 0 Å². The van der Waals surface area contributed by atoms with Crippen LogP contribution in [0.1, 0.15) is 28.7 Å². The van der Waals surface area contributed by atoms with Gasteiger partial charge < -0.3 is 15.2 Å². The first-order chi connectivity index (χ1) is 9.22. The summed E-state index contributed by atoms with van der Waals surface area (Å²) >= 11 is 0. The Bertz CT molecular complexity index is 424. The first-order valence-electron chi connectivity index (χ1n) is 6.88. The van der Waals surface area contributed by atoms with E-state index in [1.54, 1.807) is 6.92 Å². The van der Waals surface area contributed by atoms with Crippen molar-refractivity contribution in [3.05, 3.63) is 17.0 Å². The minimum absolute atomic E-state index is 0.0780. The topological polar surface area (TPSA) is 70.4 Å². The average molecular weight is 266 g/mol. The number of piperazine rings is 1. The normalized spacial score (nSPS) is 16.5. The maximum atomic E-state index is 12.1. The SMILES string of the molecule is CCc1onc(C)c1C(=O)NCCN1CCNCC1. The van der Waals surface area contributed by atoms with Gasteiger partial charge in [0.2, 0.25) is 0 Å². The van der Waals surface area contributed by atoms with E-state index >= 15 is 0 Å². The number of hydrogen-bond donors (Lipinski definition) is 2. The van der Waals surface area contributed by atoms with Gasteiger partial charge in [0.05, 0.1) is 5.69 Å². The van der Waals surface area contributed by atoms with Gasteiger partial charge in [-0.25, -0.2) is 0 Å². The van der Waals surface area contributed by atoms with Crippen molar-refractivity contribution >= 4 is 5.91 Å². The van der Waals surface area contributed by atoms with Crippen LogP contribution in [0.2, 0.25) is 0 Å². The van der Waals surface area contributed by atoms with Crippen LogP contribution in [-0.4, -0.2) is 55.2 Å². The number of aromatic nitrogens is 1. The van der Waals surface area contributed by atoms with Crippen molar-refractivity contribution in [3.63, 3.8) is 0 Å². The molecule has 1 saturated heterocycles. The van der Waals surface area contributed by atoms with Gasteiger partial charge in [-0.3, -0.25) is 9.69 Å². The molecular weight excluding hydrogens is 244 g/mol. The predicted octanol–water partition coefficient (Wildman–Crippen LogP) is 0.180. The molecule has 0 unspecified atom stereocenters. The Morgan fingerprint density at radius 1 is 1.47 bits per heavy atom. The lowest BCUT2D eigenvalue weighted by molar-refractivity contribution is 0.0945. The van der Waals surface area contributed by atoms with Gasteiger partial charge >= 0.3 is 0 Å². The summed E-state index contributed by atoms with van der Waals surface area (Å²) in [7, 11) is 0. The third kappa shape index (κ3) is 3.54. The molecule has 0 aliphatic carbocycles. The van der Waals surface area contributed by atoms with Crippen LogP contribution in [0.4, 0.5) is 0 Å². The second-order valence-corrected chi connectivity index (χ2v) is 4.77. The van der Waals surface area contributed by atoms with Gasteiger partial charge in [0.25, 0.3) is 5.91 Å². The van der Waals surface area contributed by atoms with Crippen LogP contribution >= 0.6 is 0 Å². The van der Waals surface area contributed by atoms with E-state index in [1.807, 2.05) is 6.92 Å². The van der Waals surface area contributed by atoms with E-state index in [4.69, 9.17) is 4.52 Å². The maximum Gasteiger partial charge on any atom is 0.256 e. The lowest BCUT2D eigenvalue weighted by atomic mass is 10.1. The van der Waals surface area contributed by atoms with Crippen LogP contribution in [0.25, 0.3) is 0 Å². The number of aryl methyl sites for hydroxylation is 2. The fourth-order valence-corrected chi connectivity index (χ4v) is 2.30. The maximum absolute atomic E-state index is 12.1. The number of carbonyl (C=O) groups is 1. The van der Waals surface area contributed by atoms with Gasteiger partial charge in [0.1, 0.15) is 11.3 Å². The molecule has 6 heteroatoms. The van der Waals surface area contributed by atoms with Crippen molar-refractivity contribution < 1.29 is 9.32 Å². The number of hydrogen-bond acceptors (Lipinski definition) is 5. The Hall–Kier alpha value is -1.40. The van der Waals surface area contributed by atoms with E-state index in [2.05, 4.69) is 20.7 Å². The second-order valence-electron chi connectivity index (χ2n) is 4.77. The number of nitrogens with zero attached hydrogens (tertiary/aromatic N) is 2. The third-order valence-corrected chi connectivity index (χ3v) is 3.40. The molecule has 2 N–H and O–H groups in total. The molecule has 106 valence electrons. The summed E-state index contributed by atoms with van der Waals surface area (Å²) < 4.78 is 5.13. The molecule has 0 saturated carbocycles. The molecule has 19 heavy (non-hydrogen) atoms. The van der Waals surface area contributed by atoms with E-state index in [-0.39, 0.29) is 5.91 Å². The Morgan fingerprint density at radius 3 is 2.89 bits per heavy atom. The molecule has 2 rings (SSSR count). The van der Waals surface area contributed by atoms with Gasteiger partial charge in [-0.1, -0.05) is 12.1 Å². The number of amides is 1. The lowest BCUT2D eigenvalue weighted by Crippen LogP contribution is -2.46. The van der Waals surface area contributed by atoms with Crippen LogP contribution in [0.5, 0.6) is 0 Å². The highest BCUT2D eigenvalue weighted by atomic mass is 16.5. The van der Waals surface area contributed by atoms with Gasteiger partial charge in [0, 0.05) is 45.7 Å². The molecule has 1 aromatic heterocycles. The summed E-state index contributed by atoms with van der Waals surface area (Å²) in [5, 5.41) is 10.1. The highest BCUT2D eigenvalue weighted by Gasteiger charge is 2.19. The summed E-state index contributed by atoms with van der Waals surface area (Å²) in [4.78, 5) is 14.5. The predicted molar refractivity (Wildman–Crippen MR) is 72.3 cm³/mol. The molecule has 6 nitrogen and oxygen atoms in total. The quantitative estimate of drug-likeness (QED) is 0.795. The second kappa shape index (κ2) is 6.68. The molecule has 1 fully saturated rings. The zero-order valence-corrected chi connectivity index (χ0v) is 11.7. The summed E-state index contributed by atoms with van der Waals surface area (Å²) in [5.74, 6) is 0.586. The molecule has 1 aromatic rings. The first-order valence-corrected chi connectivity index (χ1v) is 6.88. The van der Waals surface area contributed by atoms with Gasteiger partial charge in [-0.15, -0.1) is 0 Å². The first kappa shape index (κ1) is 14.0. The number of rotatable bonds is 5. The molecule has 0 atom stereocenters. The smallest absolute Gasteiger partial charge is 0.256 e. The van der Waals surface area contributed by atoms with E-state index in [0.717, 1.165) is 32.7 Å². The zero-order valence-electron chi connectivity index (χ0n) is 11.7. The third-order valence-electron chi connectivity index (χ3n) is 3.40. The molecule has 0 spiro atoms. The van der Waals surface area contributed by atoms with Crippen molar-refractivity contribution in [3.8, 4) is 0 Å². The van der Waals surface area contributed by atoms with Crippen LogP contribution in [-0.2, 0) is 6.42 Å². The lowest BCUT2D eigenvalue weighted by Gasteiger charge is -2.27. The fourth-order valence-electron chi connectivity index (χ4n) is 2.30. The van der Waals surface area contributed by atoms with Crippen LogP contribution in [0, 0.1) is 6.92 Å². The zero-order chi connectivity index (χ0) is 13.7. The Balaban J connectivity index is 1.82. The molecule has 0 aromatic carbocycles. The van der Waals surface area contributed by atoms with Gasteiger partial charge in [-0.05, 0) is 6.92 Å². The van der Waals surface area contributed by atoms with Gasteiger partial charge in [0.15, 0.2) is 0 Å². The van der Waals surface area contributed by atoms with Crippen molar-refractivity contribution in [2.45, 2.75) is 20.3 Å². The van der Waals surface area contributed by atoms with E-state index < -0.39 is 0 Å². The van der Waals surface area contributed by atoms with Crippen LogP contribution in [0.3, 0.4) is 0 Å². The number of carbonyl (C=O) groups excluding carboxylic acids is 1.